The number of nitrogen functional groups attached to an aromatic ring is 1. The molecule has 0 radical (unpaired) electrons. The van der Waals surface area contributed by atoms with Gasteiger partial charge in [-0.2, -0.15) is 0 Å². The number of nitrogens with zero attached hydrogens (tertiary/aromatic N) is 1. The van der Waals surface area contributed by atoms with Crippen molar-refractivity contribution in [3.05, 3.63) is 23.8 Å². The molecule has 2 rings (SSSR count). The van der Waals surface area contributed by atoms with Crippen LogP contribution in [0.15, 0.2) is 23.1 Å². The third-order valence-electron chi connectivity index (χ3n) is 3.71. The van der Waals surface area contributed by atoms with Gasteiger partial charge in [0.05, 0.1) is 4.90 Å². The minimum atomic E-state index is -3.37. The second kappa shape index (κ2) is 5.44. The monoisotopic (exact) mass is 296 g/mol. The van der Waals surface area contributed by atoms with Gasteiger partial charge in [0, 0.05) is 31.1 Å². The van der Waals surface area contributed by atoms with Gasteiger partial charge < -0.3 is 10.6 Å². The molecule has 0 spiro atoms. The second-order valence-electron chi connectivity index (χ2n) is 5.55. The van der Waals surface area contributed by atoms with Crippen LogP contribution in [0.4, 0.5) is 5.69 Å². The van der Waals surface area contributed by atoms with Crippen LogP contribution in [-0.2, 0) is 9.84 Å². The second-order valence-corrected chi connectivity index (χ2v) is 7.56. The zero-order chi connectivity index (χ0) is 14.9. The predicted octanol–water partition coefficient (Wildman–Crippen LogP) is 1.54. The van der Waals surface area contributed by atoms with Crippen molar-refractivity contribution < 1.29 is 13.2 Å². The summed E-state index contributed by atoms with van der Waals surface area (Å²) in [5, 5.41) is 0. The fourth-order valence-electron chi connectivity index (χ4n) is 2.33. The van der Waals surface area contributed by atoms with Crippen molar-refractivity contribution in [1.29, 1.82) is 0 Å². The van der Waals surface area contributed by atoms with Crippen LogP contribution in [0, 0.1) is 5.92 Å². The van der Waals surface area contributed by atoms with Crippen molar-refractivity contribution in [2.75, 3.05) is 25.6 Å². The van der Waals surface area contributed by atoms with Crippen molar-refractivity contribution >= 4 is 21.4 Å². The molecular weight excluding hydrogens is 276 g/mol. The average Bonchev–Trinajstić information content (AvgIpc) is 2.30. The summed E-state index contributed by atoms with van der Waals surface area (Å²) in [7, 11) is -1.63. The molecule has 0 atom stereocenters. The smallest absolute Gasteiger partial charge is 0.253 e. The lowest BCUT2D eigenvalue weighted by atomic mass is 9.85. The summed E-state index contributed by atoms with van der Waals surface area (Å²) >= 11 is 0. The van der Waals surface area contributed by atoms with Gasteiger partial charge in [0.25, 0.3) is 5.91 Å². The fraction of sp³-hybridized carbons (Fsp3) is 0.500. The van der Waals surface area contributed by atoms with Crippen LogP contribution in [-0.4, -0.2) is 39.1 Å². The van der Waals surface area contributed by atoms with Crippen LogP contribution < -0.4 is 5.73 Å². The molecule has 0 bridgehead atoms. The predicted molar refractivity (Wildman–Crippen MR) is 78.3 cm³/mol. The largest absolute Gasteiger partial charge is 0.399 e. The molecule has 0 aliphatic heterocycles. The first-order valence-corrected chi connectivity index (χ1v) is 8.52. The highest BCUT2D eigenvalue weighted by molar-refractivity contribution is 7.90. The normalized spacial score (nSPS) is 15.7. The van der Waals surface area contributed by atoms with Crippen LogP contribution >= 0.6 is 0 Å². The first-order chi connectivity index (χ1) is 9.27. The molecule has 2 N–H and O–H groups in total. The number of rotatable bonds is 4. The summed E-state index contributed by atoms with van der Waals surface area (Å²) in [6.07, 6.45) is 4.64. The minimum absolute atomic E-state index is 0.0814. The van der Waals surface area contributed by atoms with E-state index in [0.29, 0.717) is 18.0 Å². The lowest BCUT2D eigenvalue weighted by Gasteiger charge is -2.30. The van der Waals surface area contributed by atoms with Crippen LogP contribution in [0.25, 0.3) is 0 Å². The quantitative estimate of drug-likeness (QED) is 0.855. The Morgan fingerprint density at radius 2 is 2.00 bits per heavy atom. The number of sulfone groups is 1. The highest BCUT2D eigenvalue weighted by Gasteiger charge is 2.23. The van der Waals surface area contributed by atoms with Crippen molar-refractivity contribution in [3.63, 3.8) is 0 Å². The molecule has 0 aromatic heterocycles. The summed E-state index contributed by atoms with van der Waals surface area (Å²) in [5.41, 5.74) is 6.31. The number of anilines is 1. The zero-order valence-electron chi connectivity index (χ0n) is 11.8. The first kappa shape index (κ1) is 14.8. The van der Waals surface area contributed by atoms with Gasteiger partial charge in [-0.3, -0.25) is 4.79 Å². The maximum atomic E-state index is 12.3. The number of carbonyl (C=O) groups is 1. The maximum absolute atomic E-state index is 12.3. The van der Waals surface area contributed by atoms with Gasteiger partial charge in [-0.05, 0) is 37.0 Å². The molecule has 110 valence electrons. The zero-order valence-corrected chi connectivity index (χ0v) is 12.6. The molecule has 0 saturated heterocycles. The van der Waals surface area contributed by atoms with Gasteiger partial charge in [-0.1, -0.05) is 6.42 Å². The van der Waals surface area contributed by atoms with E-state index in [9.17, 15) is 13.2 Å². The Balaban J connectivity index is 2.22. The molecule has 1 saturated carbocycles. The summed E-state index contributed by atoms with van der Waals surface area (Å²) in [5.74, 6) is 0.383. The summed E-state index contributed by atoms with van der Waals surface area (Å²) in [4.78, 5) is 14.1. The van der Waals surface area contributed by atoms with E-state index in [4.69, 9.17) is 5.73 Å². The molecule has 0 heterocycles. The fourth-order valence-corrected chi connectivity index (χ4v) is 3.02. The van der Waals surface area contributed by atoms with Crippen LogP contribution in [0.1, 0.15) is 29.6 Å². The number of amides is 1. The molecule has 1 aliphatic carbocycles. The highest BCUT2D eigenvalue weighted by atomic mass is 32.2. The molecule has 0 unspecified atom stereocenters. The van der Waals surface area contributed by atoms with E-state index in [1.807, 2.05) is 0 Å². The Bertz CT molecular complexity index is 621. The molecule has 6 heteroatoms. The molecular formula is C14H20N2O3S. The van der Waals surface area contributed by atoms with Gasteiger partial charge in [0.15, 0.2) is 9.84 Å². The van der Waals surface area contributed by atoms with E-state index in [1.54, 1.807) is 11.9 Å². The Kier molecular flexibility index (Phi) is 4.04. The summed E-state index contributed by atoms with van der Waals surface area (Å²) in [6, 6.07) is 4.29. The number of benzene rings is 1. The van der Waals surface area contributed by atoms with Crippen molar-refractivity contribution in [2.24, 2.45) is 5.92 Å². The van der Waals surface area contributed by atoms with Gasteiger partial charge >= 0.3 is 0 Å². The van der Waals surface area contributed by atoms with E-state index >= 15 is 0 Å². The van der Waals surface area contributed by atoms with Gasteiger partial charge in [-0.25, -0.2) is 8.42 Å². The van der Waals surface area contributed by atoms with E-state index in [-0.39, 0.29) is 16.5 Å². The van der Waals surface area contributed by atoms with Crippen LogP contribution in [0.3, 0.4) is 0 Å². The SMILES string of the molecule is CN(CC1CCC1)C(=O)c1cc(N)cc(S(C)(=O)=O)c1. The lowest BCUT2D eigenvalue weighted by molar-refractivity contribution is 0.0745. The molecule has 5 nitrogen and oxygen atoms in total. The van der Waals surface area contributed by atoms with Gasteiger partial charge in [0.2, 0.25) is 0 Å². The lowest BCUT2D eigenvalue weighted by Crippen LogP contribution is -2.34. The average molecular weight is 296 g/mol. The number of hydrogen-bond acceptors (Lipinski definition) is 4. The van der Waals surface area contributed by atoms with Crippen molar-refractivity contribution in [3.8, 4) is 0 Å². The third-order valence-corrected chi connectivity index (χ3v) is 4.80. The summed E-state index contributed by atoms with van der Waals surface area (Å²) < 4.78 is 23.2. The molecule has 20 heavy (non-hydrogen) atoms. The van der Waals surface area contributed by atoms with Crippen molar-refractivity contribution in [1.82, 2.24) is 4.90 Å². The Morgan fingerprint density at radius 3 is 2.50 bits per heavy atom. The molecule has 1 aliphatic rings. The van der Waals surface area contributed by atoms with E-state index in [1.165, 1.54) is 24.6 Å². The van der Waals surface area contributed by atoms with Crippen LogP contribution in [0.5, 0.6) is 0 Å². The number of hydrogen-bond donors (Lipinski definition) is 1. The topological polar surface area (TPSA) is 80.5 Å². The third kappa shape index (κ3) is 3.30. The number of nitrogens with two attached hydrogens (primary N) is 1. The van der Waals surface area contributed by atoms with E-state index in [2.05, 4.69) is 0 Å². The Labute approximate surface area is 119 Å². The van der Waals surface area contributed by atoms with Gasteiger partial charge in [0.1, 0.15) is 0 Å². The Morgan fingerprint density at radius 1 is 1.35 bits per heavy atom. The molecule has 1 aromatic carbocycles. The molecule has 1 fully saturated rings. The highest BCUT2D eigenvalue weighted by Crippen LogP contribution is 2.27. The summed E-state index contributed by atoms with van der Waals surface area (Å²) in [6.45, 7) is 0.710. The maximum Gasteiger partial charge on any atom is 0.253 e. The van der Waals surface area contributed by atoms with E-state index in [0.717, 1.165) is 19.1 Å². The number of carbonyl (C=O) groups excluding carboxylic acids is 1. The standard InChI is InChI=1S/C14H20N2O3S/c1-16(9-10-4-3-5-10)14(17)11-6-12(15)8-13(7-11)20(2,18)19/h6-8,10H,3-5,9,15H2,1-2H3. The Hall–Kier alpha value is -1.56. The van der Waals surface area contributed by atoms with E-state index < -0.39 is 9.84 Å². The molecule has 1 amide bonds. The first-order valence-electron chi connectivity index (χ1n) is 6.63. The van der Waals surface area contributed by atoms with Crippen molar-refractivity contribution in [2.45, 2.75) is 24.2 Å². The van der Waals surface area contributed by atoms with Gasteiger partial charge in [-0.15, -0.1) is 0 Å². The minimum Gasteiger partial charge on any atom is -0.399 e. The van der Waals surface area contributed by atoms with Crippen LogP contribution in [0.2, 0.25) is 0 Å². The molecule has 1 aromatic rings.